The number of hydrogen-bond donors (Lipinski definition) is 2. The first-order valence-corrected chi connectivity index (χ1v) is 6.61. The van der Waals surface area contributed by atoms with Gasteiger partial charge in [0.25, 0.3) is 0 Å². The van der Waals surface area contributed by atoms with Crippen molar-refractivity contribution in [1.29, 1.82) is 0 Å². The maximum Gasteiger partial charge on any atom is 0.307 e. The average Bonchev–Trinajstić information content (AvgIpc) is 2.91. The van der Waals surface area contributed by atoms with Crippen LogP contribution >= 0.6 is 0 Å². The molecule has 1 aliphatic heterocycles. The Hall–Kier alpha value is -1.59. The first-order valence-electron chi connectivity index (χ1n) is 6.61. The summed E-state index contributed by atoms with van der Waals surface area (Å²) >= 11 is 0. The summed E-state index contributed by atoms with van der Waals surface area (Å²) in [6.45, 7) is 4.04. The molecular formula is C13H20N2O4. The van der Waals surface area contributed by atoms with Gasteiger partial charge in [-0.05, 0) is 24.7 Å². The van der Waals surface area contributed by atoms with E-state index in [0.29, 0.717) is 13.0 Å². The summed E-state index contributed by atoms with van der Waals surface area (Å²) in [7, 11) is 0. The maximum atomic E-state index is 12.5. The van der Waals surface area contributed by atoms with E-state index in [1.165, 1.54) is 4.90 Å². The van der Waals surface area contributed by atoms with Gasteiger partial charge >= 0.3 is 5.97 Å². The summed E-state index contributed by atoms with van der Waals surface area (Å²) in [4.78, 5) is 36.5. The van der Waals surface area contributed by atoms with Gasteiger partial charge in [-0.2, -0.15) is 0 Å². The Kier molecular flexibility index (Phi) is 3.28. The van der Waals surface area contributed by atoms with E-state index in [2.05, 4.69) is 0 Å². The van der Waals surface area contributed by atoms with Gasteiger partial charge in [0.1, 0.15) is 6.04 Å². The summed E-state index contributed by atoms with van der Waals surface area (Å²) in [5, 5.41) is 9.12. The SMILES string of the molecule is CC1(C)C(C(=O)O)C1C(=O)N1CCCCC1C(N)=O. The van der Waals surface area contributed by atoms with E-state index in [4.69, 9.17) is 10.8 Å². The van der Waals surface area contributed by atoms with Crippen LogP contribution in [0.5, 0.6) is 0 Å². The molecule has 0 aromatic rings. The third kappa shape index (κ3) is 2.19. The summed E-state index contributed by atoms with van der Waals surface area (Å²) in [5.41, 5.74) is 4.79. The van der Waals surface area contributed by atoms with E-state index in [9.17, 15) is 14.4 Å². The van der Waals surface area contributed by atoms with Crippen molar-refractivity contribution in [3.05, 3.63) is 0 Å². The van der Waals surface area contributed by atoms with E-state index in [1.54, 1.807) is 13.8 Å². The van der Waals surface area contributed by atoms with Gasteiger partial charge in [-0.15, -0.1) is 0 Å². The number of piperidine rings is 1. The van der Waals surface area contributed by atoms with Crippen LogP contribution in [0.15, 0.2) is 0 Å². The molecule has 1 saturated carbocycles. The molecule has 2 amide bonds. The van der Waals surface area contributed by atoms with Gasteiger partial charge in [-0.1, -0.05) is 13.8 Å². The molecular weight excluding hydrogens is 248 g/mol. The number of nitrogens with zero attached hydrogens (tertiary/aromatic N) is 1. The zero-order chi connectivity index (χ0) is 14.4. The molecule has 0 bridgehead atoms. The molecule has 0 aromatic heterocycles. The van der Waals surface area contributed by atoms with Gasteiger partial charge in [-0.3, -0.25) is 14.4 Å². The number of aliphatic carboxylic acids is 1. The Labute approximate surface area is 111 Å². The quantitative estimate of drug-likeness (QED) is 0.764. The molecule has 3 unspecified atom stereocenters. The van der Waals surface area contributed by atoms with Crippen molar-refractivity contribution in [2.45, 2.75) is 39.2 Å². The van der Waals surface area contributed by atoms with Gasteiger partial charge < -0.3 is 15.7 Å². The molecule has 0 aromatic carbocycles. The molecule has 6 heteroatoms. The zero-order valence-electron chi connectivity index (χ0n) is 11.3. The number of carbonyl (C=O) groups excluding carboxylic acids is 2. The third-order valence-corrected chi connectivity index (χ3v) is 4.47. The number of carbonyl (C=O) groups is 3. The van der Waals surface area contributed by atoms with Crippen molar-refractivity contribution in [2.75, 3.05) is 6.54 Å². The van der Waals surface area contributed by atoms with E-state index < -0.39 is 35.2 Å². The topological polar surface area (TPSA) is 101 Å². The van der Waals surface area contributed by atoms with Gasteiger partial charge in [0.05, 0.1) is 11.8 Å². The summed E-state index contributed by atoms with van der Waals surface area (Å²) in [5.74, 6) is -2.88. The molecule has 2 aliphatic rings. The number of carboxylic acids is 1. The van der Waals surface area contributed by atoms with Gasteiger partial charge in [0.2, 0.25) is 11.8 Å². The number of hydrogen-bond acceptors (Lipinski definition) is 3. The van der Waals surface area contributed by atoms with Crippen molar-refractivity contribution >= 4 is 17.8 Å². The Balaban J connectivity index is 2.15. The average molecular weight is 268 g/mol. The lowest BCUT2D eigenvalue weighted by Crippen LogP contribution is -2.51. The number of nitrogens with two attached hydrogens (primary N) is 1. The molecule has 1 saturated heterocycles. The van der Waals surface area contributed by atoms with Gasteiger partial charge in [-0.25, -0.2) is 0 Å². The van der Waals surface area contributed by atoms with Crippen LogP contribution in [0.25, 0.3) is 0 Å². The lowest BCUT2D eigenvalue weighted by atomic mass is 10.00. The smallest absolute Gasteiger partial charge is 0.307 e. The first kappa shape index (κ1) is 13.8. The van der Waals surface area contributed by atoms with Crippen LogP contribution in [0.3, 0.4) is 0 Å². The highest BCUT2D eigenvalue weighted by Gasteiger charge is 2.67. The van der Waals surface area contributed by atoms with E-state index >= 15 is 0 Å². The molecule has 0 radical (unpaired) electrons. The Morgan fingerprint density at radius 2 is 1.84 bits per heavy atom. The van der Waals surface area contributed by atoms with Crippen LogP contribution in [-0.2, 0) is 14.4 Å². The fourth-order valence-electron chi connectivity index (χ4n) is 3.23. The molecule has 6 nitrogen and oxygen atoms in total. The number of carboxylic acid groups (broad SMARTS) is 1. The summed E-state index contributed by atoms with van der Waals surface area (Å²) in [6, 6.07) is -0.577. The molecule has 2 fully saturated rings. The highest BCUT2D eigenvalue weighted by atomic mass is 16.4. The number of primary amides is 1. The second kappa shape index (κ2) is 4.51. The highest BCUT2D eigenvalue weighted by Crippen LogP contribution is 2.59. The Morgan fingerprint density at radius 3 is 2.32 bits per heavy atom. The number of rotatable bonds is 3. The third-order valence-electron chi connectivity index (χ3n) is 4.47. The summed E-state index contributed by atoms with van der Waals surface area (Å²) < 4.78 is 0. The minimum atomic E-state index is -0.948. The minimum Gasteiger partial charge on any atom is -0.481 e. The van der Waals surface area contributed by atoms with Gasteiger partial charge in [0, 0.05) is 6.54 Å². The van der Waals surface area contributed by atoms with Crippen LogP contribution < -0.4 is 5.73 Å². The fraction of sp³-hybridized carbons (Fsp3) is 0.769. The normalized spacial score (nSPS) is 32.7. The van der Waals surface area contributed by atoms with Crippen molar-refractivity contribution < 1.29 is 19.5 Å². The van der Waals surface area contributed by atoms with Gasteiger partial charge in [0.15, 0.2) is 0 Å². The Morgan fingerprint density at radius 1 is 1.21 bits per heavy atom. The largest absolute Gasteiger partial charge is 0.481 e. The molecule has 1 aliphatic carbocycles. The lowest BCUT2D eigenvalue weighted by Gasteiger charge is -2.34. The van der Waals surface area contributed by atoms with Crippen LogP contribution in [-0.4, -0.2) is 40.4 Å². The second-order valence-corrected chi connectivity index (χ2v) is 6.06. The van der Waals surface area contributed by atoms with Crippen molar-refractivity contribution in [3.8, 4) is 0 Å². The minimum absolute atomic E-state index is 0.235. The van der Waals surface area contributed by atoms with Crippen molar-refractivity contribution in [3.63, 3.8) is 0 Å². The van der Waals surface area contributed by atoms with Crippen molar-refractivity contribution in [1.82, 2.24) is 4.90 Å². The molecule has 1 heterocycles. The highest BCUT2D eigenvalue weighted by molar-refractivity contribution is 5.94. The molecule has 106 valence electrons. The molecule has 0 spiro atoms. The monoisotopic (exact) mass is 268 g/mol. The van der Waals surface area contributed by atoms with E-state index in [-0.39, 0.29) is 5.91 Å². The second-order valence-electron chi connectivity index (χ2n) is 6.06. The van der Waals surface area contributed by atoms with E-state index in [1.807, 2.05) is 0 Å². The van der Waals surface area contributed by atoms with Crippen LogP contribution in [0.2, 0.25) is 0 Å². The lowest BCUT2D eigenvalue weighted by molar-refractivity contribution is -0.145. The van der Waals surface area contributed by atoms with E-state index in [0.717, 1.165) is 12.8 Å². The molecule has 19 heavy (non-hydrogen) atoms. The fourth-order valence-corrected chi connectivity index (χ4v) is 3.23. The standard InChI is InChI=1S/C13H20N2O4/c1-13(2)8(9(13)12(18)19)11(17)15-6-4-3-5-7(15)10(14)16/h7-9H,3-6H2,1-2H3,(H2,14,16)(H,18,19). The molecule has 2 rings (SSSR count). The molecule has 3 atom stereocenters. The summed E-state index contributed by atoms with van der Waals surface area (Å²) in [6.07, 6.45) is 2.28. The Bertz CT molecular complexity index is 432. The van der Waals surface area contributed by atoms with Crippen LogP contribution in [0.4, 0.5) is 0 Å². The zero-order valence-corrected chi connectivity index (χ0v) is 11.3. The predicted molar refractivity (Wildman–Crippen MR) is 66.9 cm³/mol. The number of likely N-dealkylation sites (tertiary alicyclic amines) is 1. The molecule has 3 N–H and O–H groups in total. The van der Waals surface area contributed by atoms with Crippen LogP contribution in [0.1, 0.15) is 33.1 Å². The van der Waals surface area contributed by atoms with Crippen molar-refractivity contribution in [2.24, 2.45) is 23.0 Å². The van der Waals surface area contributed by atoms with Crippen LogP contribution in [0, 0.1) is 17.3 Å². The first-order chi connectivity index (χ1) is 8.78. The predicted octanol–water partition coefficient (Wildman–Crippen LogP) is 0.210. The maximum absolute atomic E-state index is 12.5. The number of amides is 2.